The molecule has 0 saturated heterocycles. The van der Waals surface area contributed by atoms with Crippen molar-refractivity contribution in [2.45, 2.75) is 6.92 Å². The topological polar surface area (TPSA) is 97.0 Å². The highest BCUT2D eigenvalue weighted by atomic mass is 35.5. The second kappa shape index (κ2) is 11.0. The van der Waals surface area contributed by atoms with E-state index in [0.717, 1.165) is 4.31 Å². The van der Waals surface area contributed by atoms with E-state index in [-0.39, 0.29) is 22.3 Å². The van der Waals surface area contributed by atoms with Gasteiger partial charge in [-0.15, -0.1) is 0 Å². The van der Waals surface area contributed by atoms with Crippen molar-refractivity contribution in [3.05, 3.63) is 76.8 Å². The first kappa shape index (κ1) is 24.9. The Morgan fingerprint density at radius 2 is 1.56 bits per heavy atom. The summed E-state index contributed by atoms with van der Waals surface area (Å²) in [5.41, 5.74) is 1.55. The number of benzene rings is 3. The second-order valence-corrected chi connectivity index (χ2v) is 7.84. The van der Waals surface area contributed by atoms with Gasteiger partial charge in [0.25, 0.3) is 0 Å². The van der Waals surface area contributed by atoms with E-state index < -0.39 is 6.03 Å². The zero-order valence-corrected chi connectivity index (χ0v) is 20.2. The molecule has 0 aliphatic carbocycles. The lowest BCUT2D eigenvalue weighted by molar-refractivity contribution is -0.114. The zero-order valence-electron chi connectivity index (χ0n) is 18.6. The van der Waals surface area contributed by atoms with Crippen LogP contribution in [0.4, 0.5) is 21.9 Å². The van der Waals surface area contributed by atoms with Crippen LogP contribution < -0.4 is 24.4 Å². The van der Waals surface area contributed by atoms with Crippen LogP contribution in [0.5, 0.6) is 11.5 Å². The number of thiol groups is 1. The minimum atomic E-state index is -0.631. The molecular formula is C24H22ClN3O5S. The molecule has 0 aromatic heterocycles. The minimum Gasteiger partial charge on any atom is -0.495 e. The van der Waals surface area contributed by atoms with E-state index in [1.54, 1.807) is 42.5 Å². The van der Waals surface area contributed by atoms with Crippen LogP contribution in [0.2, 0.25) is 5.02 Å². The Bertz CT molecular complexity index is 1240. The number of urea groups is 1. The van der Waals surface area contributed by atoms with Crippen LogP contribution in [0, 0.1) is 0 Å². The predicted octanol–water partition coefficient (Wildman–Crippen LogP) is 5.43. The van der Waals surface area contributed by atoms with Crippen molar-refractivity contribution in [2.24, 2.45) is 0 Å². The summed E-state index contributed by atoms with van der Waals surface area (Å²) in [7, 11) is 2.91. The number of nitrogens with one attached hydrogen (secondary N) is 2. The number of anilines is 3. The van der Waals surface area contributed by atoms with Gasteiger partial charge in [0, 0.05) is 24.1 Å². The maximum atomic E-state index is 13.1. The molecule has 0 heterocycles. The zero-order chi connectivity index (χ0) is 24.8. The van der Waals surface area contributed by atoms with Crippen molar-refractivity contribution in [2.75, 3.05) is 29.2 Å². The second-order valence-electron chi connectivity index (χ2n) is 7.04. The molecule has 34 heavy (non-hydrogen) atoms. The summed E-state index contributed by atoms with van der Waals surface area (Å²) < 4.78 is 11.5. The smallest absolute Gasteiger partial charge is 0.336 e. The first-order valence-electron chi connectivity index (χ1n) is 9.98. The number of nitrogens with zero attached hydrogens (tertiary/aromatic N) is 1. The number of carbonyl (C=O) groups excluding carboxylic acids is 3. The monoisotopic (exact) mass is 499 g/mol. The van der Waals surface area contributed by atoms with Crippen LogP contribution in [0.1, 0.15) is 22.8 Å². The van der Waals surface area contributed by atoms with Crippen LogP contribution >= 0.6 is 24.4 Å². The maximum absolute atomic E-state index is 13.1. The highest BCUT2D eigenvalue weighted by Gasteiger charge is 2.21. The molecule has 0 aliphatic heterocycles. The number of methoxy groups -OCH3 is 2. The van der Waals surface area contributed by atoms with E-state index in [0.29, 0.717) is 34.1 Å². The van der Waals surface area contributed by atoms with Crippen molar-refractivity contribution in [3.8, 4) is 11.5 Å². The van der Waals surface area contributed by atoms with Gasteiger partial charge in [-0.1, -0.05) is 54.7 Å². The standard InChI is InChI=1S/C24H22ClN3O5S/c1-14(29)26-19-10-9-16(11-17(19)23(30)15-7-5-4-6-8-15)28(34)24(31)27-20-12-18(25)21(32-2)13-22(20)33-3/h4-13,34H,1-3H3,(H,26,29)(H,27,31). The van der Waals surface area contributed by atoms with E-state index in [4.69, 9.17) is 21.1 Å². The van der Waals surface area contributed by atoms with Crippen LogP contribution in [-0.2, 0) is 4.79 Å². The molecule has 0 atom stereocenters. The Hall–Kier alpha value is -3.69. The number of amides is 3. The van der Waals surface area contributed by atoms with Gasteiger partial charge in [0.05, 0.1) is 36.3 Å². The number of rotatable bonds is 7. The lowest BCUT2D eigenvalue weighted by Gasteiger charge is -2.20. The summed E-state index contributed by atoms with van der Waals surface area (Å²) in [6.07, 6.45) is 0. The molecule has 3 aromatic rings. The molecule has 0 spiro atoms. The molecule has 3 amide bonds. The summed E-state index contributed by atoms with van der Waals surface area (Å²) >= 11 is 10.5. The molecule has 10 heteroatoms. The Balaban J connectivity index is 1.93. The van der Waals surface area contributed by atoms with E-state index in [1.807, 2.05) is 0 Å². The fourth-order valence-electron chi connectivity index (χ4n) is 3.14. The van der Waals surface area contributed by atoms with Crippen molar-refractivity contribution in [1.82, 2.24) is 0 Å². The van der Waals surface area contributed by atoms with Gasteiger partial charge in [-0.2, -0.15) is 0 Å². The first-order valence-corrected chi connectivity index (χ1v) is 10.8. The van der Waals surface area contributed by atoms with Gasteiger partial charge in [0.1, 0.15) is 11.5 Å². The molecule has 2 N–H and O–H groups in total. The molecule has 3 aromatic carbocycles. The van der Waals surface area contributed by atoms with E-state index in [2.05, 4.69) is 23.4 Å². The average Bonchev–Trinajstić information content (AvgIpc) is 2.83. The molecule has 0 bridgehead atoms. The first-order chi connectivity index (χ1) is 16.2. The number of ether oxygens (including phenoxy) is 2. The molecule has 0 radical (unpaired) electrons. The minimum absolute atomic E-state index is 0.204. The van der Waals surface area contributed by atoms with Crippen molar-refractivity contribution >= 4 is 59.2 Å². The molecular weight excluding hydrogens is 478 g/mol. The maximum Gasteiger partial charge on any atom is 0.336 e. The summed E-state index contributed by atoms with van der Waals surface area (Å²) in [6, 6.07) is 15.6. The molecule has 0 aliphatic rings. The van der Waals surface area contributed by atoms with Gasteiger partial charge >= 0.3 is 6.03 Å². The fraction of sp³-hybridized carbons (Fsp3) is 0.125. The average molecular weight is 500 g/mol. The highest BCUT2D eigenvalue weighted by molar-refractivity contribution is 7.82. The van der Waals surface area contributed by atoms with Gasteiger partial charge in [-0.3, -0.25) is 9.59 Å². The van der Waals surface area contributed by atoms with Crippen LogP contribution in [0.25, 0.3) is 0 Å². The Morgan fingerprint density at radius 3 is 2.18 bits per heavy atom. The third-order valence-corrected chi connectivity index (χ3v) is 5.45. The Labute approximate surface area is 207 Å². The van der Waals surface area contributed by atoms with Crippen molar-refractivity contribution in [3.63, 3.8) is 0 Å². The lowest BCUT2D eigenvalue weighted by atomic mass is 10.0. The number of hydrogen-bond donors (Lipinski definition) is 3. The van der Waals surface area contributed by atoms with Crippen LogP contribution in [-0.4, -0.2) is 31.9 Å². The van der Waals surface area contributed by atoms with E-state index in [9.17, 15) is 14.4 Å². The molecule has 8 nitrogen and oxygen atoms in total. The summed E-state index contributed by atoms with van der Waals surface area (Å²) in [6.45, 7) is 1.34. The van der Waals surface area contributed by atoms with Gasteiger partial charge in [-0.05, 0) is 24.3 Å². The van der Waals surface area contributed by atoms with Gasteiger partial charge in [0.15, 0.2) is 5.78 Å². The van der Waals surface area contributed by atoms with Crippen LogP contribution in [0.15, 0.2) is 60.7 Å². The number of ketones is 1. The number of hydrogen-bond acceptors (Lipinski definition) is 6. The van der Waals surface area contributed by atoms with Gasteiger partial charge in [-0.25, -0.2) is 9.10 Å². The fourth-order valence-corrected chi connectivity index (χ4v) is 3.55. The third-order valence-electron chi connectivity index (χ3n) is 4.75. The van der Waals surface area contributed by atoms with Crippen molar-refractivity contribution in [1.29, 1.82) is 0 Å². The normalized spacial score (nSPS) is 10.3. The molecule has 0 fully saturated rings. The molecule has 176 valence electrons. The quantitative estimate of drug-likeness (QED) is 0.297. The number of halogens is 1. The highest BCUT2D eigenvalue weighted by Crippen LogP contribution is 2.36. The summed E-state index contributed by atoms with van der Waals surface area (Å²) in [4.78, 5) is 37.7. The summed E-state index contributed by atoms with van der Waals surface area (Å²) in [5.74, 6) is 0.0601. The Kier molecular flexibility index (Phi) is 8.04. The van der Waals surface area contributed by atoms with E-state index in [1.165, 1.54) is 39.3 Å². The molecule has 0 saturated carbocycles. The Morgan fingerprint density at radius 1 is 0.882 bits per heavy atom. The van der Waals surface area contributed by atoms with Gasteiger partial charge < -0.3 is 20.1 Å². The van der Waals surface area contributed by atoms with Gasteiger partial charge in [0.2, 0.25) is 5.91 Å². The van der Waals surface area contributed by atoms with Crippen LogP contribution in [0.3, 0.4) is 0 Å². The largest absolute Gasteiger partial charge is 0.495 e. The molecule has 3 rings (SSSR count). The number of carbonyl (C=O) groups is 3. The predicted molar refractivity (Wildman–Crippen MR) is 136 cm³/mol. The molecule has 0 unspecified atom stereocenters. The lowest BCUT2D eigenvalue weighted by Crippen LogP contribution is -2.27. The van der Waals surface area contributed by atoms with Crippen molar-refractivity contribution < 1.29 is 23.9 Å². The SMILES string of the molecule is COc1cc(OC)c(NC(=O)N(S)c2ccc(NC(C)=O)c(C(=O)c3ccccc3)c2)cc1Cl. The summed E-state index contributed by atoms with van der Waals surface area (Å²) in [5, 5.41) is 5.59. The van der Waals surface area contributed by atoms with E-state index >= 15 is 0 Å². The third kappa shape index (κ3) is 5.62.